The highest BCUT2D eigenvalue weighted by molar-refractivity contribution is 5.73. The predicted octanol–water partition coefficient (Wildman–Crippen LogP) is -18.2. The SMILES string of the molecule is CC(=O)N[C@H]1[C@H](O[C@H]2[C@H](O)[C@@H](NC(C)=O)C(O)O[C@@H]2CO)O[C@H](CO)[C@@H](O[C@@H]2O[C@H](CO[C@H]3O[C@H](CO)[C@@H](O)[C@H](O)[C@@H]3O)[C@@H](O)[C@H](O[C@H]3O[C@H](CO)[C@@H](O)[C@H](O)[C@@H]3O[C@H]3O[C@H](CO)[C@@H](O)[C@H](O)[C@@H]3O[C@H]3O[C@H](CO)[C@@H](O)[C@H](O[C@H]4O[C@H](CO)[C@@H](O)[C@H](O)[C@@H]4O)[C@@H]3O)[C@@H]2O)[C@@H]1O. The molecule has 2 amide bonds. The van der Waals surface area contributed by atoms with Gasteiger partial charge in [-0.25, -0.2) is 0 Å². The molecule has 0 bridgehead atoms. The highest BCUT2D eigenvalue weighted by Crippen LogP contribution is 2.39. The van der Waals surface area contributed by atoms with Crippen LogP contribution in [0.25, 0.3) is 0 Å². The van der Waals surface area contributed by atoms with Crippen molar-refractivity contribution in [2.75, 3.05) is 52.9 Å². The van der Waals surface area contributed by atoms with Crippen molar-refractivity contribution in [3.05, 3.63) is 0 Å². The lowest BCUT2D eigenvalue weighted by Gasteiger charge is -2.51. The maximum absolute atomic E-state index is 12.8. The van der Waals surface area contributed by atoms with E-state index < -0.39 is 310 Å². The summed E-state index contributed by atoms with van der Waals surface area (Å²) in [6.07, 6.45) is -78.7. The highest BCUT2D eigenvalue weighted by Gasteiger charge is 2.60. The molecule has 43 heteroatoms. The second kappa shape index (κ2) is 33.9. The highest BCUT2D eigenvalue weighted by atomic mass is 16.8. The Bertz CT molecular complexity index is 2380. The van der Waals surface area contributed by atoms with E-state index in [1.165, 1.54) is 0 Å². The van der Waals surface area contributed by atoms with Crippen molar-refractivity contribution in [3.63, 3.8) is 0 Å². The zero-order valence-corrected chi connectivity index (χ0v) is 50.4. The van der Waals surface area contributed by atoms with Crippen molar-refractivity contribution >= 4 is 11.8 Å². The minimum atomic E-state index is -2.48. The normalized spacial score (nSPS) is 50.8. The number of ether oxygens (including phenoxy) is 15. The molecule has 26 N–H and O–H groups in total. The van der Waals surface area contributed by atoms with Crippen LogP contribution in [0.1, 0.15) is 13.8 Å². The molecule has 8 aliphatic heterocycles. The minimum absolute atomic E-state index is 0.759. The lowest BCUT2D eigenvalue weighted by atomic mass is 9.94. The van der Waals surface area contributed by atoms with Gasteiger partial charge in [0.2, 0.25) is 11.8 Å². The van der Waals surface area contributed by atoms with Gasteiger partial charge in [0.05, 0.1) is 52.9 Å². The molecular formula is C52H88N2O41. The Morgan fingerprint density at radius 1 is 0.274 bits per heavy atom. The molecule has 0 radical (unpaired) electrons. The molecule has 0 aromatic rings. The number of aliphatic hydroxyl groups excluding tert-OH is 24. The fourth-order valence-corrected chi connectivity index (χ4v) is 12.1. The number of aliphatic hydroxyl groups is 24. The first kappa shape index (κ1) is 78.1. The number of carbonyl (C=O) groups excluding carboxylic acids is 2. The first-order valence-electron chi connectivity index (χ1n) is 30.1. The maximum atomic E-state index is 12.8. The Labute approximate surface area is 536 Å². The van der Waals surface area contributed by atoms with Gasteiger partial charge in [-0.15, -0.1) is 0 Å². The van der Waals surface area contributed by atoms with Gasteiger partial charge in [-0.3, -0.25) is 9.59 Å². The first-order valence-corrected chi connectivity index (χ1v) is 30.1. The number of hydrogen-bond acceptors (Lipinski definition) is 41. The summed E-state index contributed by atoms with van der Waals surface area (Å²) in [5, 5.41) is 267. The van der Waals surface area contributed by atoms with E-state index >= 15 is 0 Å². The third kappa shape index (κ3) is 16.8. The average molecular weight is 1400 g/mol. The number of carbonyl (C=O) groups is 2. The lowest BCUT2D eigenvalue weighted by Crippen LogP contribution is -2.70. The Balaban J connectivity index is 1.10. The fraction of sp³-hybridized carbons (Fsp3) is 0.962. The molecule has 95 heavy (non-hydrogen) atoms. The molecule has 40 atom stereocenters. The Morgan fingerprint density at radius 3 is 1.02 bits per heavy atom. The van der Waals surface area contributed by atoms with E-state index in [-0.39, 0.29) is 0 Å². The van der Waals surface area contributed by atoms with E-state index in [2.05, 4.69) is 10.6 Å². The Kier molecular flexibility index (Phi) is 27.9. The summed E-state index contributed by atoms with van der Waals surface area (Å²) in [5.41, 5.74) is 0. The largest absolute Gasteiger partial charge is 0.394 e. The van der Waals surface area contributed by atoms with Crippen LogP contribution in [0, 0.1) is 0 Å². The summed E-state index contributed by atoms with van der Waals surface area (Å²) < 4.78 is 86.8. The van der Waals surface area contributed by atoms with E-state index in [4.69, 9.17) is 71.1 Å². The number of nitrogens with one attached hydrogen (secondary N) is 2. The standard InChI is InChI=1S/C52H88N2O41/c1-11(62)53-21-29(70)39(18(8-60)82-45(21)80)90-46-22(54-12(2)63)30(71)40(19(9-61)88-46)91-50-38(79)42(28(69)20(89-50)10-81-47-35(76)31(72)23(64)13(3-55)83-47)93-51-44(34(75)26(67)15(5-57)86-51)95-52-43(33(74)25(66)16(6-58)87-52)94-49-37(78)41(27(68)17(7-59)85-49)92-48-36(77)32(73)24(65)14(4-56)84-48/h13-52,55-61,64-80H,3-10H2,1-2H3,(H,53,62)(H,54,63)/t13-,14-,15-,16-,17-,18-,19-,20-,21-,22-,23-,24-,25-,26-,27-,28-,29-,30-,31+,32+,33+,34+,35+,36+,37+,38+,39-,40-,41+,42+,43+,44+,45?,46+,47+,48-,49-,50+,51-,52-/m1/s1. The van der Waals surface area contributed by atoms with E-state index in [0.29, 0.717) is 0 Å². The molecule has 8 heterocycles. The summed E-state index contributed by atoms with van der Waals surface area (Å²) in [6, 6.07) is -3.45. The number of amides is 2. The van der Waals surface area contributed by atoms with Crippen LogP contribution in [0.4, 0.5) is 0 Å². The van der Waals surface area contributed by atoms with Gasteiger partial charge >= 0.3 is 0 Å². The number of hydrogen-bond donors (Lipinski definition) is 26. The molecule has 0 aromatic heterocycles. The van der Waals surface area contributed by atoms with Gasteiger partial charge in [0.25, 0.3) is 0 Å². The van der Waals surface area contributed by atoms with Gasteiger partial charge in [0.1, 0.15) is 195 Å². The molecule has 0 spiro atoms. The van der Waals surface area contributed by atoms with Crippen LogP contribution in [0.15, 0.2) is 0 Å². The smallest absolute Gasteiger partial charge is 0.217 e. The lowest BCUT2D eigenvalue weighted by molar-refractivity contribution is -0.410. The van der Waals surface area contributed by atoms with Crippen LogP contribution in [-0.2, 0) is 80.6 Å². The monoisotopic (exact) mass is 1400 g/mol. The van der Waals surface area contributed by atoms with E-state index in [1.807, 2.05) is 0 Å². The Hall–Kier alpha value is -2.62. The second-order valence-corrected chi connectivity index (χ2v) is 23.9. The molecular weight excluding hydrogens is 1310 g/mol. The summed E-state index contributed by atoms with van der Waals surface area (Å²) in [6.45, 7) is -6.39. The van der Waals surface area contributed by atoms with Crippen molar-refractivity contribution in [3.8, 4) is 0 Å². The van der Waals surface area contributed by atoms with Gasteiger partial charge < -0.3 is 204 Å². The van der Waals surface area contributed by atoms with Crippen molar-refractivity contribution in [1.29, 1.82) is 0 Å². The molecule has 8 rings (SSSR count). The third-order valence-corrected chi connectivity index (χ3v) is 17.4. The third-order valence-electron chi connectivity index (χ3n) is 17.4. The van der Waals surface area contributed by atoms with Gasteiger partial charge in [-0.05, 0) is 0 Å². The molecule has 0 aliphatic carbocycles. The van der Waals surface area contributed by atoms with Gasteiger partial charge in [0, 0.05) is 13.8 Å². The van der Waals surface area contributed by atoms with Crippen LogP contribution in [-0.4, -0.2) is 433 Å². The van der Waals surface area contributed by atoms with Gasteiger partial charge in [0.15, 0.2) is 50.3 Å². The van der Waals surface area contributed by atoms with E-state index in [0.717, 1.165) is 13.8 Å². The molecule has 8 fully saturated rings. The molecule has 1 unspecified atom stereocenters. The van der Waals surface area contributed by atoms with Crippen LogP contribution in [0.5, 0.6) is 0 Å². The maximum Gasteiger partial charge on any atom is 0.217 e. The minimum Gasteiger partial charge on any atom is -0.394 e. The topological polar surface area (TPSA) is 682 Å². The Morgan fingerprint density at radius 2 is 0.568 bits per heavy atom. The molecule has 43 nitrogen and oxygen atoms in total. The molecule has 8 aliphatic rings. The van der Waals surface area contributed by atoms with Gasteiger partial charge in [-0.2, -0.15) is 0 Å². The van der Waals surface area contributed by atoms with Crippen LogP contribution >= 0.6 is 0 Å². The zero-order chi connectivity index (χ0) is 69.9. The van der Waals surface area contributed by atoms with Crippen molar-refractivity contribution in [2.45, 2.75) is 259 Å². The summed E-state index contributed by atoms with van der Waals surface area (Å²) in [7, 11) is 0. The van der Waals surface area contributed by atoms with Crippen LogP contribution < -0.4 is 10.6 Å². The molecule has 552 valence electrons. The summed E-state index contributed by atoms with van der Waals surface area (Å²) >= 11 is 0. The fourth-order valence-electron chi connectivity index (χ4n) is 12.1. The molecule has 0 saturated carbocycles. The van der Waals surface area contributed by atoms with E-state index in [9.17, 15) is 132 Å². The molecule has 8 saturated heterocycles. The number of rotatable bonds is 24. The zero-order valence-electron chi connectivity index (χ0n) is 50.4. The van der Waals surface area contributed by atoms with Crippen molar-refractivity contribution < 1.29 is 203 Å². The van der Waals surface area contributed by atoms with Crippen molar-refractivity contribution in [2.24, 2.45) is 0 Å². The summed E-state index contributed by atoms with van der Waals surface area (Å²) in [5.74, 6) is -1.66. The average Bonchev–Trinajstić information content (AvgIpc) is 0.773. The van der Waals surface area contributed by atoms with Crippen LogP contribution in [0.2, 0.25) is 0 Å². The van der Waals surface area contributed by atoms with Gasteiger partial charge in [-0.1, -0.05) is 0 Å². The van der Waals surface area contributed by atoms with E-state index in [1.54, 1.807) is 0 Å². The van der Waals surface area contributed by atoms with Crippen molar-refractivity contribution in [1.82, 2.24) is 10.6 Å². The first-order chi connectivity index (χ1) is 45.0. The quantitative estimate of drug-likeness (QED) is 0.0427. The molecule has 0 aromatic carbocycles. The predicted molar refractivity (Wildman–Crippen MR) is 288 cm³/mol. The summed E-state index contributed by atoms with van der Waals surface area (Å²) in [4.78, 5) is 24.8. The van der Waals surface area contributed by atoms with Crippen LogP contribution in [0.3, 0.4) is 0 Å². The second-order valence-electron chi connectivity index (χ2n) is 23.9.